The predicted octanol–water partition coefficient (Wildman–Crippen LogP) is 2.75. The van der Waals surface area contributed by atoms with E-state index in [-0.39, 0.29) is 18.8 Å². The Hall–Kier alpha value is -0.570. The van der Waals surface area contributed by atoms with Crippen LogP contribution in [-0.4, -0.2) is 19.5 Å². The van der Waals surface area contributed by atoms with E-state index in [0.29, 0.717) is 10.0 Å². The summed E-state index contributed by atoms with van der Waals surface area (Å²) >= 11 is 11.7. The van der Waals surface area contributed by atoms with Crippen molar-refractivity contribution in [2.75, 3.05) is 13.7 Å². The maximum Gasteiger partial charge on any atom is 0.162 e. The van der Waals surface area contributed by atoms with Gasteiger partial charge in [0.25, 0.3) is 0 Å². The SMILES string of the molecule is COCC(=O)Cc1cc(Cl)ccc1Cl. The van der Waals surface area contributed by atoms with Gasteiger partial charge >= 0.3 is 0 Å². The van der Waals surface area contributed by atoms with E-state index in [1.807, 2.05) is 0 Å². The van der Waals surface area contributed by atoms with Gasteiger partial charge in [-0.15, -0.1) is 0 Å². The average molecular weight is 233 g/mol. The van der Waals surface area contributed by atoms with Crippen molar-refractivity contribution in [3.05, 3.63) is 33.8 Å². The number of hydrogen-bond acceptors (Lipinski definition) is 2. The molecule has 0 saturated heterocycles. The van der Waals surface area contributed by atoms with E-state index in [2.05, 4.69) is 0 Å². The number of carbonyl (C=O) groups is 1. The van der Waals surface area contributed by atoms with Crippen molar-refractivity contribution in [2.45, 2.75) is 6.42 Å². The Bertz CT molecular complexity index is 337. The van der Waals surface area contributed by atoms with Crippen molar-refractivity contribution < 1.29 is 9.53 Å². The number of methoxy groups -OCH3 is 1. The fourth-order valence-electron chi connectivity index (χ4n) is 1.10. The van der Waals surface area contributed by atoms with Crippen LogP contribution < -0.4 is 0 Å². The van der Waals surface area contributed by atoms with Crippen molar-refractivity contribution in [1.82, 2.24) is 0 Å². The van der Waals surface area contributed by atoms with E-state index in [1.165, 1.54) is 7.11 Å². The van der Waals surface area contributed by atoms with Gasteiger partial charge in [-0.1, -0.05) is 23.2 Å². The lowest BCUT2D eigenvalue weighted by molar-refractivity contribution is -0.121. The molecule has 0 atom stereocenters. The number of hydrogen-bond donors (Lipinski definition) is 0. The van der Waals surface area contributed by atoms with Crippen molar-refractivity contribution in [3.63, 3.8) is 0 Å². The van der Waals surface area contributed by atoms with Crippen molar-refractivity contribution in [2.24, 2.45) is 0 Å². The van der Waals surface area contributed by atoms with Crippen molar-refractivity contribution >= 4 is 29.0 Å². The van der Waals surface area contributed by atoms with Crippen LogP contribution in [-0.2, 0) is 16.0 Å². The number of benzene rings is 1. The van der Waals surface area contributed by atoms with Gasteiger partial charge in [-0.3, -0.25) is 4.79 Å². The molecule has 2 nitrogen and oxygen atoms in total. The molecule has 0 aliphatic rings. The van der Waals surface area contributed by atoms with E-state index in [4.69, 9.17) is 27.9 Å². The van der Waals surface area contributed by atoms with Gasteiger partial charge in [-0.25, -0.2) is 0 Å². The summed E-state index contributed by atoms with van der Waals surface area (Å²) in [5.74, 6) is -0.0170. The summed E-state index contributed by atoms with van der Waals surface area (Å²) in [6.07, 6.45) is 0.257. The number of Topliss-reactive ketones (excluding diaryl/α,β-unsaturated/α-hetero) is 1. The molecule has 0 radical (unpaired) electrons. The Labute approximate surface area is 92.8 Å². The van der Waals surface area contributed by atoms with E-state index in [0.717, 1.165) is 5.56 Å². The largest absolute Gasteiger partial charge is 0.377 e. The lowest BCUT2D eigenvalue weighted by Gasteiger charge is -2.03. The van der Waals surface area contributed by atoms with Crippen molar-refractivity contribution in [1.29, 1.82) is 0 Å². The highest BCUT2D eigenvalue weighted by Gasteiger charge is 2.07. The van der Waals surface area contributed by atoms with Gasteiger partial charge in [0.2, 0.25) is 0 Å². The van der Waals surface area contributed by atoms with E-state index < -0.39 is 0 Å². The van der Waals surface area contributed by atoms with Gasteiger partial charge < -0.3 is 4.74 Å². The summed E-state index contributed by atoms with van der Waals surface area (Å²) in [4.78, 5) is 11.2. The molecule has 4 heteroatoms. The maximum absolute atomic E-state index is 11.2. The number of halogens is 2. The molecule has 0 amide bonds. The molecule has 0 N–H and O–H groups in total. The molecule has 0 fully saturated rings. The zero-order valence-corrected chi connectivity index (χ0v) is 9.23. The van der Waals surface area contributed by atoms with Crippen LogP contribution in [0.1, 0.15) is 5.56 Å². The number of rotatable bonds is 4. The molecular weight excluding hydrogens is 223 g/mol. The van der Waals surface area contributed by atoms with Crippen LogP contribution in [0, 0.1) is 0 Å². The molecule has 0 spiro atoms. The molecule has 0 aromatic heterocycles. The van der Waals surface area contributed by atoms with Crippen LogP contribution in [0.25, 0.3) is 0 Å². The number of ether oxygens (including phenoxy) is 1. The minimum Gasteiger partial charge on any atom is -0.377 e. The maximum atomic E-state index is 11.2. The molecule has 76 valence electrons. The summed E-state index contributed by atoms with van der Waals surface area (Å²) in [6.45, 7) is 0.100. The lowest BCUT2D eigenvalue weighted by Crippen LogP contribution is -2.09. The second kappa shape index (κ2) is 5.35. The monoisotopic (exact) mass is 232 g/mol. The summed E-state index contributed by atoms with van der Waals surface area (Å²) in [5, 5.41) is 1.13. The molecule has 0 heterocycles. The molecule has 0 bridgehead atoms. The average Bonchev–Trinajstić information content (AvgIpc) is 2.12. The normalized spacial score (nSPS) is 10.2. The first-order chi connectivity index (χ1) is 6.63. The second-order valence-corrected chi connectivity index (χ2v) is 3.73. The summed E-state index contributed by atoms with van der Waals surface area (Å²) in [5.41, 5.74) is 0.737. The summed E-state index contributed by atoms with van der Waals surface area (Å²) in [7, 11) is 1.48. The van der Waals surface area contributed by atoms with Crippen molar-refractivity contribution in [3.8, 4) is 0 Å². The third-order valence-electron chi connectivity index (χ3n) is 1.70. The third-order valence-corrected chi connectivity index (χ3v) is 2.30. The van der Waals surface area contributed by atoms with E-state index in [1.54, 1.807) is 18.2 Å². The Morgan fingerprint density at radius 1 is 1.43 bits per heavy atom. The molecule has 0 unspecified atom stereocenters. The predicted molar refractivity (Wildman–Crippen MR) is 57.0 cm³/mol. The van der Waals surface area contributed by atoms with Gasteiger partial charge in [0.15, 0.2) is 5.78 Å². The van der Waals surface area contributed by atoms with Crippen LogP contribution in [0.5, 0.6) is 0 Å². The smallest absolute Gasteiger partial charge is 0.162 e. The first-order valence-electron chi connectivity index (χ1n) is 4.08. The number of carbonyl (C=O) groups excluding carboxylic acids is 1. The fraction of sp³-hybridized carbons (Fsp3) is 0.300. The molecule has 1 aromatic carbocycles. The Morgan fingerprint density at radius 2 is 2.14 bits per heavy atom. The Morgan fingerprint density at radius 3 is 2.79 bits per heavy atom. The zero-order chi connectivity index (χ0) is 10.6. The molecule has 14 heavy (non-hydrogen) atoms. The highest BCUT2D eigenvalue weighted by molar-refractivity contribution is 6.33. The third kappa shape index (κ3) is 3.29. The lowest BCUT2D eigenvalue weighted by atomic mass is 10.1. The van der Waals surface area contributed by atoms with Gasteiger partial charge in [0, 0.05) is 23.6 Å². The molecule has 0 saturated carbocycles. The first-order valence-corrected chi connectivity index (χ1v) is 4.83. The van der Waals surface area contributed by atoms with E-state index in [9.17, 15) is 4.79 Å². The van der Waals surface area contributed by atoms with Crippen LogP contribution in [0.15, 0.2) is 18.2 Å². The van der Waals surface area contributed by atoms with Crippen LogP contribution in [0.2, 0.25) is 10.0 Å². The molecule has 0 aliphatic carbocycles. The highest BCUT2D eigenvalue weighted by atomic mass is 35.5. The van der Waals surface area contributed by atoms with Gasteiger partial charge in [-0.2, -0.15) is 0 Å². The molecule has 1 aromatic rings. The van der Waals surface area contributed by atoms with Gasteiger partial charge in [0.1, 0.15) is 6.61 Å². The zero-order valence-electron chi connectivity index (χ0n) is 7.72. The topological polar surface area (TPSA) is 26.3 Å². The minimum absolute atomic E-state index is 0.0170. The summed E-state index contributed by atoms with van der Waals surface area (Å²) < 4.78 is 4.72. The van der Waals surface area contributed by atoms with E-state index >= 15 is 0 Å². The quantitative estimate of drug-likeness (QED) is 0.799. The number of ketones is 1. The van der Waals surface area contributed by atoms with Gasteiger partial charge in [0.05, 0.1) is 0 Å². The molecular formula is C10H10Cl2O2. The van der Waals surface area contributed by atoms with Crippen LogP contribution in [0.4, 0.5) is 0 Å². The van der Waals surface area contributed by atoms with Gasteiger partial charge in [-0.05, 0) is 23.8 Å². The van der Waals surface area contributed by atoms with Crippen LogP contribution >= 0.6 is 23.2 Å². The second-order valence-electron chi connectivity index (χ2n) is 2.88. The summed E-state index contributed by atoms with van der Waals surface area (Å²) in [6, 6.07) is 5.06. The molecule has 0 aliphatic heterocycles. The first kappa shape index (κ1) is 11.5. The Kier molecular flexibility index (Phi) is 4.39. The fourth-order valence-corrected chi connectivity index (χ4v) is 1.48. The highest BCUT2D eigenvalue weighted by Crippen LogP contribution is 2.21. The van der Waals surface area contributed by atoms with Crippen LogP contribution in [0.3, 0.4) is 0 Å². The minimum atomic E-state index is -0.0170. The molecule has 1 rings (SSSR count). The standard InChI is InChI=1S/C10H10Cl2O2/c1-14-6-9(13)5-7-4-8(11)2-3-10(7)12/h2-4H,5-6H2,1H3. The Balaban J connectivity index is 2.75.